The lowest BCUT2D eigenvalue weighted by molar-refractivity contribution is -0.138. The number of aryl methyl sites for hydroxylation is 1. The number of carbonyl (C=O) groups excluding carboxylic acids is 2. The van der Waals surface area contributed by atoms with Gasteiger partial charge in [-0.15, -0.1) is 0 Å². The fourth-order valence-electron chi connectivity index (χ4n) is 4.06. The number of rotatable bonds is 3. The third-order valence-electron chi connectivity index (χ3n) is 5.56. The quantitative estimate of drug-likeness (QED) is 0.825. The highest BCUT2D eigenvalue weighted by molar-refractivity contribution is 5.81. The van der Waals surface area contributed by atoms with Crippen LogP contribution in [0.3, 0.4) is 0 Å². The van der Waals surface area contributed by atoms with Crippen molar-refractivity contribution >= 4 is 11.9 Å². The smallest absolute Gasteiger partial charge is 0.319 e. The van der Waals surface area contributed by atoms with Gasteiger partial charge in [-0.3, -0.25) is 9.48 Å². The molecule has 0 radical (unpaired) electrons. The number of nitrogens with zero attached hydrogens (tertiary/aromatic N) is 5. The van der Waals surface area contributed by atoms with Crippen LogP contribution in [0.2, 0.25) is 0 Å². The van der Waals surface area contributed by atoms with E-state index < -0.39 is 0 Å². The maximum atomic E-state index is 12.9. The zero-order valence-corrected chi connectivity index (χ0v) is 16.2. The number of hydrogen-bond donors (Lipinski definition) is 0. The normalized spacial score (nSPS) is 21.7. The van der Waals surface area contributed by atoms with Gasteiger partial charge in [0.15, 0.2) is 0 Å². The van der Waals surface area contributed by atoms with E-state index in [1.807, 2.05) is 20.7 Å². The minimum Gasteiger partial charge on any atom is -0.342 e. The van der Waals surface area contributed by atoms with E-state index in [4.69, 9.17) is 0 Å². The summed E-state index contributed by atoms with van der Waals surface area (Å²) in [7, 11) is 3.53. The maximum Gasteiger partial charge on any atom is 0.319 e. The third-order valence-corrected chi connectivity index (χ3v) is 5.56. The fourth-order valence-corrected chi connectivity index (χ4v) is 4.06. The molecule has 2 aliphatic heterocycles. The monoisotopic (exact) mass is 361 g/mol. The second kappa shape index (κ2) is 8.10. The van der Waals surface area contributed by atoms with Crippen LogP contribution < -0.4 is 0 Å². The largest absolute Gasteiger partial charge is 0.342 e. The molecule has 7 nitrogen and oxygen atoms in total. The zero-order chi connectivity index (χ0) is 18.7. The van der Waals surface area contributed by atoms with Gasteiger partial charge in [0.2, 0.25) is 5.91 Å². The second-order valence-corrected chi connectivity index (χ2v) is 7.97. The molecular weight excluding hydrogens is 330 g/mol. The molecule has 1 atom stereocenters. The first-order valence-electron chi connectivity index (χ1n) is 9.68. The Bertz CT molecular complexity index is 634. The number of amides is 3. The Morgan fingerprint density at radius 1 is 1.15 bits per heavy atom. The van der Waals surface area contributed by atoms with Crippen molar-refractivity contribution in [3.05, 3.63) is 18.0 Å². The molecular formula is C19H31N5O2. The first kappa shape index (κ1) is 18.7. The van der Waals surface area contributed by atoms with Crippen molar-refractivity contribution in [1.82, 2.24) is 24.5 Å². The van der Waals surface area contributed by atoms with Crippen molar-refractivity contribution < 1.29 is 9.59 Å². The second-order valence-electron chi connectivity index (χ2n) is 7.97. The predicted octanol–water partition coefficient (Wildman–Crippen LogP) is 1.82. The summed E-state index contributed by atoms with van der Waals surface area (Å²) >= 11 is 0. The van der Waals surface area contributed by atoms with Crippen LogP contribution in [0.15, 0.2) is 12.4 Å². The van der Waals surface area contributed by atoms with Crippen molar-refractivity contribution in [3.63, 3.8) is 0 Å². The van der Waals surface area contributed by atoms with E-state index in [1.165, 1.54) is 5.56 Å². The van der Waals surface area contributed by atoms with Gasteiger partial charge in [0.25, 0.3) is 0 Å². The van der Waals surface area contributed by atoms with Crippen LogP contribution in [0, 0.1) is 18.8 Å². The van der Waals surface area contributed by atoms with Crippen molar-refractivity contribution in [1.29, 1.82) is 0 Å². The van der Waals surface area contributed by atoms with E-state index in [9.17, 15) is 9.59 Å². The van der Waals surface area contributed by atoms with Crippen molar-refractivity contribution in [3.8, 4) is 0 Å². The predicted molar refractivity (Wildman–Crippen MR) is 99.6 cm³/mol. The van der Waals surface area contributed by atoms with Crippen molar-refractivity contribution in [2.24, 2.45) is 11.8 Å². The molecule has 1 aromatic rings. The van der Waals surface area contributed by atoms with Crippen LogP contribution in [0.1, 0.15) is 31.2 Å². The van der Waals surface area contributed by atoms with E-state index in [0.29, 0.717) is 12.5 Å². The van der Waals surface area contributed by atoms with E-state index in [0.717, 1.165) is 51.9 Å². The van der Waals surface area contributed by atoms with Gasteiger partial charge >= 0.3 is 6.03 Å². The lowest BCUT2D eigenvalue weighted by Crippen LogP contribution is -2.50. The molecule has 2 saturated heterocycles. The number of aromatic nitrogens is 2. The molecule has 2 fully saturated rings. The Morgan fingerprint density at radius 3 is 2.50 bits per heavy atom. The van der Waals surface area contributed by atoms with Gasteiger partial charge in [0.1, 0.15) is 0 Å². The molecule has 0 bridgehead atoms. The van der Waals surface area contributed by atoms with E-state index >= 15 is 0 Å². The van der Waals surface area contributed by atoms with E-state index in [2.05, 4.69) is 18.2 Å². The van der Waals surface area contributed by atoms with Gasteiger partial charge in [0.05, 0.1) is 12.1 Å². The number of hydrogen-bond acceptors (Lipinski definition) is 3. The Kier molecular flexibility index (Phi) is 5.84. The zero-order valence-electron chi connectivity index (χ0n) is 16.2. The molecule has 0 aliphatic carbocycles. The molecule has 0 saturated carbocycles. The molecule has 26 heavy (non-hydrogen) atoms. The van der Waals surface area contributed by atoms with E-state index in [1.54, 1.807) is 19.0 Å². The lowest BCUT2D eigenvalue weighted by Gasteiger charge is -2.38. The van der Waals surface area contributed by atoms with Crippen molar-refractivity contribution in [2.45, 2.75) is 39.2 Å². The van der Waals surface area contributed by atoms with Crippen LogP contribution in [0.25, 0.3) is 0 Å². The highest BCUT2D eigenvalue weighted by Crippen LogP contribution is 2.24. The minimum atomic E-state index is -0.0436. The highest BCUT2D eigenvalue weighted by atomic mass is 16.2. The van der Waals surface area contributed by atoms with Crippen LogP contribution in [-0.2, 0) is 11.3 Å². The molecule has 0 unspecified atom stereocenters. The number of piperidine rings is 2. The molecule has 3 amide bonds. The molecule has 3 rings (SSSR count). The average molecular weight is 361 g/mol. The first-order valence-corrected chi connectivity index (χ1v) is 9.68. The topological polar surface area (TPSA) is 61.7 Å². The van der Waals surface area contributed by atoms with Gasteiger partial charge < -0.3 is 14.7 Å². The van der Waals surface area contributed by atoms with Gasteiger partial charge in [-0.25, -0.2) is 4.79 Å². The Morgan fingerprint density at radius 2 is 1.88 bits per heavy atom. The summed E-state index contributed by atoms with van der Waals surface area (Å²) in [5, 5.41) is 4.37. The summed E-state index contributed by atoms with van der Waals surface area (Å²) in [5.74, 6) is 0.768. The van der Waals surface area contributed by atoms with Crippen LogP contribution in [0.4, 0.5) is 4.79 Å². The molecule has 0 aromatic carbocycles. The molecule has 144 valence electrons. The number of urea groups is 1. The molecule has 3 heterocycles. The van der Waals surface area contributed by atoms with Crippen LogP contribution >= 0.6 is 0 Å². The SMILES string of the molecule is Cc1cnn(CC2CCN(C(=O)[C@@H]3CCCN(C(=O)N(C)C)C3)CC2)c1. The summed E-state index contributed by atoms with van der Waals surface area (Å²) in [4.78, 5) is 30.5. The molecule has 7 heteroatoms. The molecule has 0 spiro atoms. The van der Waals surface area contributed by atoms with Crippen LogP contribution in [0.5, 0.6) is 0 Å². The van der Waals surface area contributed by atoms with Crippen molar-refractivity contribution in [2.75, 3.05) is 40.3 Å². The average Bonchev–Trinajstić information content (AvgIpc) is 3.06. The Labute approximate surface area is 155 Å². The summed E-state index contributed by atoms with van der Waals surface area (Å²) in [6, 6.07) is 0.00993. The Balaban J connectivity index is 1.49. The van der Waals surface area contributed by atoms with Gasteiger partial charge in [-0.2, -0.15) is 5.10 Å². The Hall–Kier alpha value is -2.05. The highest BCUT2D eigenvalue weighted by Gasteiger charge is 2.33. The maximum absolute atomic E-state index is 12.9. The first-order chi connectivity index (χ1) is 12.4. The molecule has 0 N–H and O–H groups in total. The minimum absolute atomic E-state index is 0.00993. The summed E-state index contributed by atoms with van der Waals surface area (Å²) < 4.78 is 2.02. The number of carbonyl (C=O) groups is 2. The van der Waals surface area contributed by atoms with Gasteiger partial charge in [-0.05, 0) is 44.1 Å². The standard InChI is InChI=1S/C19H31N5O2/c1-15-11-20-24(12-15)13-16-6-9-22(10-7-16)18(25)17-5-4-8-23(14-17)19(26)21(2)3/h11-12,16-17H,4-10,13-14H2,1-3H3/t17-/m1/s1. The lowest BCUT2D eigenvalue weighted by atomic mass is 9.93. The molecule has 2 aliphatic rings. The molecule has 1 aromatic heterocycles. The third kappa shape index (κ3) is 4.37. The van der Waals surface area contributed by atoms with Crippen LogP contribution in [-0.4, -0.2) is 76.7 Å². The van der Waals surface area contributed by atoms with E-state index in [-0.39, 0.29) is 17.9 Å². The summed E-state index contributed by atoms with van der Waals surface area (Å²) in [6.45, 7) is 5.95. The summed E-state index contributed by atoms with van der Waals surface area (Å²) in [5.41, 5.74) is 1.19. The number of likely N-dealkylation sites (tertiary alicyclic amines) is 2. The fraction of sp³-hybridized carbons (Fsp3) is 0.737. The van der Waals surface area contributed by atoms with Gasteiger partial charge in [0, 0.05) is 53.0 Å². The van der Waals surface area contributed by atoms with Gasteiger partial charge in [-0.1, -0.05) is 0 Å². The summed E-state index contributed by atoms with van der Waals surface area (Å²) in [6.07, 6.45) is 7.82.